The number of aromatic nitrogens is 1. The molecule has 0 N–H and O–H groups in total. The van der Waals surface area contributed by atoms with Gasteiger partial charge in [-0.25, -0.2) is 0 Å². The van der Waals surface area contributed by atoms with Crippen molar-refractivity contribution in [2.45, 2.75) is 6.54 Å². The second-order valence-electron chi connectivity index (χ2n) is 4.51. The van der Waals surface area contributed by atoms with E-state index < -0.39 is 0 Å². The number of rotatable bonds is 3. The van der Waals surface area contributed by atoms with Crippen molar-refractivity contribution in [2.75, 3.05) is 0 Å². The first-order valence-electron chi connectivity index (χ1n) is 6.05. The van der Waals surface area contributed by atoms with Crippen LogP contribution in [-0.2, 0) is 6.54 Å². The summed E-state index contributed by atoms with van der Waals surface area (Å²) in [5, 5.41) is 1.82. The normalized spacial score (nSPS) is 10.8. The smallest absolute Gasteiger partial charge is 0.150 e. The molecule has 19 heavy (non-hydrogen) atoms. The quantitative estimate of drug-likeness (QED) is 0.655. The summed E-state index contributed by atoms with van der Waals surface area (Å²) < 4.78 is 2.15. The van der Waals surface area contributed by atoms with Gasteiger partial charge < -0.3 is 4.57 Å². The van der Waals surface area contributed by atoms with Crippen molar-refractivity contribution in [3.63, 3.8) is 0 Å². The SMILES string of the molecule is O=Cc1ccc2c(ccn2Cc2cccc(Cl)c2)c1. The Morgan fingerprint density at radius 1 is 1.11 bits per heavy atom. The molecule has 2 aromatic carbocycles. The van der Waals surface area contributed by atoms with Crippen LogP contribution in [-0.4, -0.2) is 10.9 Å². The number of fused-ring (bicyclic) bond motifs is 1. The second-order valence-corrected chi connectivity index (χ2v) is 4.95. The van der Waals surface area contributed by atoms with Crippen molar-refractivity contribution in [1.29, 1.82) is 0 Å². The molecule has 3 rings (SSSR count). The zero-order valence-corrected chi connectivity index (χ0v) is 11.0. The minimum absolute atomic E-state index is 0.702. The van der Waals surface area contributed by atoms with Gasteiger partial charge in [-0.05, 0) is 42.0 Å². The fourth-order valence-electron chi connectivity index (χ4n) is 2.26. The lowest BCUT2D eigenvalue weighted by molar-refractivity contribution is 0.112. The Morgan fingerprint density at radius 3 is 2.79 bits per heavy atom. The minimum atomic E-state index is 0.702. The van der Waals surface area contributed by atoms with E-state index >= 15 is 0 Å². The molecule has 0 fully saturated rings. The Bertz CT molecular complexity index is 745. The fourth-order valence-corrected chi connectivity index (χ4v) is 2.47. The van der Waals surface area contributed by atoms with E-state index in [1.165, 1.54) is 0 Å². The molecule has 0 unspecified atom stereocenters. The van der Waals surface area contributed by atoms with Crippen LogP contribution in [0.1, 0.15) is 15.9 Å². The predicted octanol–water partition coefficient (Wildman–Crippen LogP) is 4.16. The standard InChI is InChI=1S/C16H12ClNO/c17-15-3-1-2-12(9-15)10-18-7-6-14-8-13(11-19)4-5-16(14)18/h1-9,11H,10H2. The van der Waals surface area contributed by atoms with Crippen molar-refractivity contribution in [3.05, 3.63) is 70.9 Å². The number of aldehydes is 1. The van der Waals surface area contributed by atoms with Crippen LogP contribution in [0.3, 0.4) is 0 Å². The first kappa shape index (κ1) is 12.0. The van der Waals surface area contributed by atoms with Crippen molar-refractivity contribution in [3.8, 4) is 0 Å². The molecule has 2 nitrogen and oxygen atoms in total. The van der Waals surface area contributed by atoms with Crippen molar-refractivity contribution < 1.29 is 4.79 Å². The van der Waals surface area contributed by atoms with Gasteiger partial charge in [0.2, 0.25) is 0 Å². The van der Waals surface area contributed by atoms with Crippen LogP contribution in [0.25, 0.3) is 10.9 Å². The third-order valence-electron chi connectivity index (χ3n) is 3.17. The Labute approximate surface area is 116 Å². The van der Waals surface area contributed by atoms with Gasteiger partial charge in [-0.15, -0.1) is 0 Å². The van der Waals surface area contributed by atoms with Gasteiger partial charge in [-0.2, -0.15) is 0 Å². The molecule has 0 aliphatic heterocycles. The van der Waals surface area contributed by atoms with Gasteiger partial charge in [-0.3, -0.25) is 4.79 Å². The molecule has 3 heteroatoms. The van der Waals surface area contributed by atoms with E-state index in [4.69, 9.17) is 11.6 Å². The number of carbonyl (C=O) groups excluding carboxylic acids is 1. The number of benzene rings is 2. The lowest BCUT2D eigenvalue weighted by Gasteiger charge is -2.06. The molecule has 94 valence electrons. The average molecular weight is 270 g/mol. The largest absolute Gasteiger partial charge is 0.343 e. The van der Waals surface area contributed by atoms with Gasteiger partial charge in [-0.1, -0.05) is 23.7 Å². The third kappa shape index (κ3) is 2.40. The van der Waals surface area contributed by atoms with E-state index in [2.05, 4.69) is 10.6 Å². The maximum Gasteiger partial charge on any atom is 0.150 e. The zero-order valence-electron chi connectivity index (χ0n) is 10.2. The van der Waals surface area contributed by atoms with Crippen molar-refractivity contribution >= 4 is 28.8 Å². The highest BCUT2D eigenvalue weighted by Gasteiger charge is 2.03. The van der Waals surface area contributed by atoms with E-state index in [0.29, 0.717) is 5.56 Å². The molecule has 3 aromatic rings. The van der Waals surface area contributed by atoms with Gasteiger partial charge in [0.15, 0.2) is 0 Å². The maximum absolute atomic E-state index is 10.8. The maximum atomic E-state index is 10.8. The number of hydrogen-bond donors (Lipinski definition) is 0. The molecular weight excluding hydrogens is 258 g/mol. The predicted molar refractivity (Wildman–Crippen MR) is 77.9 cm³/mol. The minimum Gasteiger partial charge on any atom is -0.343 e. The number of nitrogens with zero attached hydrogens (tertiary/aromatic N) is 1. The number of hydrogen-bond acceptors (Lipinski definition) is 1. The van der Waals surface area contributed by atoms with Gasteiger partial charge in [0.25, 0.3) is 0 Å². The van der Waals surface area contributed by atoms with Crippen LogP contribution in [0, 0.1) is 0 Å². The Hall–Kier alpha value is -2.06. The topological polar surface area (TPSA) is 22.0 Å². The first-order chi connectivity index (χ1) is 9.26. The summed E-state index contributed by atoms with van der Waals surface area (Å²) in [4.78, 5) is 10.8. The van der Waals surface area contributed by atoms with E-state index in [9.17, 15) is 4.79 Å². The molecule has 0 amide bonds. The highest BCUT2D eigenvalue weighted by molar-refractivity contribution is 6.30. The molecule has 1 heterocycles. The summed E-state index contributed by atoms with van der Waals surface area (Å²) in [6, 6.07) is 15.6. The fraction of sp³-hybridized carbons (Fsp3) is 0.0625. The third-order valence-corrected chi connectivity index (χ3v) is 3.41. The van der Waals surface area contributed by atoms with Crippen molar-refractivity contribution in [1.82, 2.24) is 4.57 Å². The molecule has 1 aromatic heterocycles. The number of carbonyl (C=O) groups is 1. The van der Waals surface area contributed by atoms with E-state index in [0.717, 1.165) is 34.3 Å². The molecule has 0 aliphatic carbocycles. The lowest BCUT2D eigenvalue weighted by atomic mass is 10.2. The molecule has 0 saturated heterocycles. The first-order valence-corrected chi connectivity index (χ1v) is 6.42. The summed E-state index contributed by atoms with van der Waals surface area (Å²) >= 11 is 5.99. The van der Waals surface area contributed by atoms with E-state index in [1.807, 2.05) is 48.7 Å². The lowest BCUT2D eigenvalue weighted by Crippen LogP contribution is -1.97. The highest BCUT2D eigenvalue weighted by Crippen LogP contribution is 2.19. The second kappa shape index (κ2) is 4.90. The summed E-state index contributed by atoms with van der Waals surface area (Å²) in [6.45, 7) is 0.768. The van der Waals surface area contributed by atoms with Gasteiger partial charge >= 0.3 is 0 Å². The van der Waals surface area contributed by atoms with Crippen LogP contribution >= 0.6 is 11.6 Å². The van der Waals surface area contributed by atoms with Crippen LogP contribution < -0.4 is 0 Å². The van der Waals surface area contributed by atoms with Gasteiger partial charge in [0.05, 0.1) is 0 Å². The summed E-state index contributed by atoms with van der Waals surface area (Å²) in [5.74, 6) is 0. The molecule has 0 spiro atoms. The molecular formula is C16H12ClNO. The van der Waals surface area contributed by atoms with Crippen LogP contribution in [0.15, 0.2) is 54.7 Å². The molecule has 0 bridgehead atoms. The molecule has 0 saturated carbocycles. The Balaban J connectivity index is 1.99. The van der Waals surface area contributed by atoms with Crippen LogP contribution in [0.2, 0.25) is 5.02 Å². The van der Waals surface area contributed by atoms with Gasteiger partial charge in [0.1, 0.15) is 6.29 Å². The average Bonchev–Trinajstić information content (AvgIpc) is 2.81. The molecule has 0 aliphatic rings. The Morgan fingerprint density at radius 2 is 2.00 bits per heavy atom. The van der Waals surface area contributed by atoms with E-state index in [-0.39, 0.29) is 0 Å². The summed E-state index contributed by atoms with van der Waals surface area (Å²) in [5.41, 5.74) is 2.98. The van der Waals surface area contributed by atoms with Gasteiger partial charge in [0, 0.05) is 34.2 Å². The summed E-state index contributed by atoms with van der Waals surface area (Å²) in [6.07, 6.45) is 2.90. The summed E-state index contributed by atoms with van der Waals surface area (Å²) in [7, 11) is 0. The van der Waals surface area contributed by atoms with Crippen LogP contribution in [0.4, 0.5) is 0 Å². The number of halogens is 1. The van der Waals surface area contributed by atoms with Crippen LogP contribution in [0.5, 0.6) is 0 Å². The zero-order chi connectivity index (χ0) is 13.2. The Kier molecular flexibility index (Phi) is 3.10. The molecule has 0 radical (unpaired) electrons. The monoisotopic (exact) mass is 269 g/mol. The molecule has 0 atom stereocenters. The highest BCUT2D eigenvalue weighted by atomic mass is 35.5. The van der Waals surface area contributed by atoms with E-state index in [1.54, 1.807) is 0 Å². The van der Waals surface area contributed by atoms with Crippen molar-refractivity contribution in [2.24, 2.45) is 0 Å².